The van der Waals surface area contributed by atoms with Crippen LogP contribution >= 0.6 is 0 Å². The Bertz CT molecular complexity index is 566. The van der Waals surface area contributed by atoms with E-state index < -0.39 is 10.0 Å². The Hall–Kier alpha value is -0.990. The maximum atomic E-state index is 12.5. The van der Waals surface area contributed by atoms with Crippen LogP contribution in [0.15, 0.2) is 23.1 Å². The third kappa shape index (κ3) is 3.56. The predicted octanol–water partition coefficient (Wildman–Crippen LogP) is -0.106. The van der Waals surface area contributed by atoms with Gasteiger partial charge in [-0.25, -0.2) is 13.4 Å². The van der Waals surface area contributed by atoms with Crippen LogP contribution in [-0.4, -0.2) is 51.6 Å². The van der Waals surface area contributed by atoms with Gasteiger partial charge in [0.1, 0.15) is 0 Å². The first kappa shape index (κ1) is 15.4. The Morgan fingerprint density at radius 2 is 1.90 bits per heavy atom. The fourth-order valence-electron chi connectivity index (χ4n) is 2.18. The standard InChI is InChI=1S/C13H22N4O2S/c1-11-3-4-12(10-14)9-13(11)20(18,19)15-17-7-5-16(2)6-8-17/h3-4,9,15H,5-8,10,14H2,1-2H3. The minimum Gasteiger partial charge on any atom is -0.326 e. The first-order chi connectivity index (χ1) is 9.42. The van der Waals surface area contributed by atoms with Crippen LogP contribution in [0, 0.1) is 6.92 Å². The SMILES string of the molecule is Cc1ccc(CN)cc1S(=O)(=O)NN1CCN(C)CC1. The van der Waals surface area contributed by atoms with E-state index in [0.717, 1.165) is 24.2 Å². The van der Waals surface area contributed by atoms with Gasteiger partial charge in [-0.2, -0.15) is 0 Å². The lowest BCUT2D eigenvalue weighted by atomic mass is 10.1. The molecule has 20 heavy (non-hydrogen) atoms. The number of hydrazine groups is 1. The van der Waals surface area contributed by atoms with Crippen molar-refractivity contribution in [3.8, 4) is 0 Å². The molecule has 0 saturated carbocycles. The van der Waals surface area contributed by atoms with Gasteiger partial charge in [-0.15, -0.1) is 4.83 Å². The fraction of sp³-hybridized carbons (Fsp3) is 0.538. The maximum Gasteiger partial charge on any atom is 0.253 e. The summed E-state index contributed by atoms with van der Waals surface area (Å²) in [4.78, 5) is 5.14. The van der Waals surface area contributed by atoms with Crippen LogP contribution in [0.5, 0.6) is 0 Å². The predicted molar refractivity (Wildman–Crippen MR) is 78.5 cm³/mol. The van der Waals surface area contributed by atoms with Gasteiger partial charge in [0.25, 0.3) is 10.0 Å². The second-order valence-electron chi connectivity index (χ2n) is 5.19. The molecule has 2 rings (SSSR count). The van der Waals surface area contributed by atoms with Crippen molar-refractivity contribution in [1.29, 1.82) is 0 Å². The molecule has 1 saturated heterocycles. The second-order valence-corrected chi connectivity index (χ2v) is 6.82. The van der Waals surface area contributed by atoms with Crippen molar-refractivity contribution in [3.05, 3.63) is 29.3 Å². The number of likely N-dealkylation sites (N-methyl/N-ethyl adjacent to an activating group) is 1. The molecular formula is C13H22N4O2S. The zero-order chi connectivity index (χ0) is 14.8. The lowest BCUT2D eigenvalue weighted by molar-refractivity contribution is 0.135. The molecule has 1 aromatic carbocycles. The van der Waals surface area contributed by atoms with Gasteiger partial charge in [-0.1, -0.05) is 12.1 Å². The van der Waals surface area contributed by atoms with Crippen LogP contribution in [0.25, 0.3) is 0 Å². The van der Waals surface area contributed by atoms with Gasteiger partial charge in [-0.05, 0) is 31.2 Å². The molecule has 1 aromatic rings. The number of rotatable bonds is 4. The molecule has 0 radical (unpaired) electrons. The molecule has 0 bridgehead atoms. The molecule has 7 heteroatoms. The van der Waals surface area contributed by atoms with E-state index >= 15 is 0 Å². The minimum absolute atomic E-state index is 0.305. The van der Waals surface area contributed by atoms with Gasteiger partial charge in [0.2, 0.25) is 0 Å². The Balaban J connectivity index is 2.18. The summed E-state index contributed by atoms with van der Waals surface area (Å²) in [5.41, 5.74) is 7.12. The van der Waals surface area contributed by atoms with Crippen LogP contribution in [0.2, 0.25) is 0 Å². The van der Waals surface area contributed by atoms with Gasteiger partial charge < -0.3 is 10.6 Å². The van der Waals surface area contributed by atoms with E-state index in [1.807, 2.05) is 13.1 Å². The van der Waals surface area contributed by atoms with E-state index in [4.69, 9.17) is 5.73 Å². The number of piperazine rings is 1. The van der Waals surface area contributed by atoms with Gasteiger partial charge in [-0.3, -0.25) is 0 Å². The van der Waals surface area contributed by atoms with Crippen molar-refractivity contribution < 1.29 is 8.42 Å². The number of sulfonamides is 1. The molecular weight excluding hydrogens is 276 g/mol. The molecule has 0 aromatic heterocycles. The van der Waals surface area contributed by atoms with E-state index in [1.54, 1.807) is 24.1 Å². The molecule has 6 nitrogen and oxygen atoms in total. The molecule has 1 aliphatic heterocycles. The highest BCUT2D eigenvalue weighted by Crippen LogP contribution is 2.17. The third-order valence-corrected chi connectivity index (χ3v) is 5.05. The summed E-state index contributed by atoms with van der Waals surface area (Å²) in [5.74, 6) is 0. The van der Waals surface area contributed by atoms with E-state index in [2.05, 4.69) is 9.73 Å². The largest absolute Gasteiger partial charge is 0.326 e. The third-order valence-electron chi connectivity index (χ3n) is 3.53. The lowest BCUT2D eigenvalue weighted by Gasteiger charge is -2.32. The first-order valence-electron chi connectivity index (χ1n) is 6.68. The average molecular weight is 298 g/mol. The summed E-state index contributed by atoms with van der Waals surface area (Å²) in [6.45, 7) is 5.20. The fourth-order valence-corrected chi connectivity index (χ4v) is 3.60. The molecule has 0 spiro atoms. The maximum absolute atomic E-state index is 12.5. The van der Waals surface area contributed by atoms with Gasteiger partial charge >= 0.3 is 0 Å². The minimum atomic E-state index is -3.54. The Kier molecular flexibility index (Phi) is 4.77. The van der Waals surface area contributed by atoms with Crippen molar-refractivity contribution in [2.75, 3.05) is 33.2 Å². The van der Waals surface area contributed by atoms with Crippen LogP contribution in [0.4, 0.5) is 0 Å². The normalized spacial score (nSPS) is 18.4. The van der Waals surface area contributed by atoms with Gasteiger partial charge in [0, 0.05) is 32.7 Å². The number of hydrogen-bond acceptors (Lipinski definition) is 5. The van der Waals surface area contributed by atoms with E-state index in [0.29, 0.717) is 24.5 Å². The number of benzene rings is 1. The average Bonchev–Trinajstić information content (AvgIpc) is 2.41. The summed E-state index contributed by atoms with van der Waals surface area (Å²) in [5, 5.41) is 1.75. The second kappa shape index (κ2) is 6.19. The smallest absolute Gasteiger partial charge is 0.253 e. The van der Waals surface area contributed by atoms with Crippen LogP contribution < -0.4 is 10.6 Å². The molecule has 1 heterocycles. The number of aryl methyl sites for hydroxylation is 1. The quantitative estimate of drug-likeness (QED) is 0.811. The van der Waals surface area contributed by atoms with Crippen molar-refractivity contribution in [2.45, 2.75) is 18.4 Å². The molecule has 0 aliphatic carbocycles. The Morgan fingerprint density at radius 1 is 1.25 bits per heavy atom. The number of nitrogens with two attached hydrogens (primary N) is 1. The number of nitrogens with zero attached hydrogens (tertiary/aromatic N) is 2. The summed E-state index contributed by atoms with van der Waals surface area (Å²) in [7, 11) is -1.51. The highest BCUT2D eigenvalue weighted by atomic mass is 32.2. The van der Waals surface area contributed by atoms with E-state index in [1.165, 1.54) is 0 Å². The monoisotopic (exact) mass is 298 g/mol. The summed E-state index contributed by atoms with van der Waals surface area (Å²) >= 11 is 0. The van der Waals surface area contributed by atoms with Crippen molar-refractivity contribution in [2.24, 2.45) is 5.73 Å². The van der Waals surface area contributed by atoms with Crippen molar-refractivity contribution in [1.82, 2.24) is 14.7 Å². The van der Waals surface area contributed by atoms with Crippen LogP contribution in [0.3, 0.4) is 0 Å². The van der Waals surface area contributed by atoms with Crippen molar-refractivity contribution in [3.63, 3.8) is 0 Å². The summed E-state index contributed by atoms with van der Waals surface area (Å²) in [6.07, 6.45) is 0. The summed E-state index contributed by atoms with van der Waals surface area (Å²) < 4.78 is 24.9. The van der Waals surface area contributed by atoms with E-state index in [9.17, 15) is 8.42 Å². The molecule has 3 N–H and O–H groups in total. The van der Waals surface area contributed by atoms with Crippen LogP contribution in [0.1, 0.15) is 11.1 Å². The lowest BCUT2D eigenvalue weighted by Crippen LogP contribution is -2.52. The number of nitrogens with one attached hydrogen (secondary N) is 1. The summed E-state index contributed by atoms with van der Waals surface area (Å²) in [6, 6.07) is 5.29. The molecule has 0 atom stereocenters. The zero-order valence-electron chi connectivity index (χ0n) is 12.0. The highest BCUT2D eigenvalue weighted by Gasteiger charge is 2.22. The van der Waals surface area contributed by atoms with Gasteiger partial charge in [0.15, 0.2) is 0 Å². The Morgan fingerprint density at radius 3 is 2.50 bits per heavy atom. The highest BCUT2D eigenvalue weighted by molar-refractivity contribution is 7.89. The van der Waals surface area contributed by atoms with Crippen LogP contribution in [-0.2, 0) is 16.6 Å². The molecule has 1 fully saturated rings. The zero-order valence-corrected chi connectivity index (χ0v) is 12.8. The Labute approximate surface area is 120 Å². The molecule has 0 unspecified atom stereocenters. The number of hydrogen-bond donors (Lipinski definition) is 2. The van der Waals surface area contributed by atoms with Gasteiger partial charge in [0.05, 0.1) is 4.90 Å². The molecule has 1 aliphatic rings. The molecule has 112 valence electrons. The molecule has 0 amide bonds. The van der Waals surface area contributed by atoms with Crippen molar-refractivity contribution >= 4 is 10.0 Å². The van der Waals surface area contributed by atoms with E-state index in [-0.39, 0.29) is 0 Å². The topological polar surface area (TPSA) is 78.7 Å². The first-order valence-corrected chi connectivity index (χ1v) is 8.16.